The molecule has 41 heavy (non-hydrogen) atoms. The van der Waals surface area contributed by atoms with Gasteiger partial charge in [0, 0.05) is 22.7 Å². The van der Waals surface area contributed by atoms with E-state index in [9.17, 15) is 13.2 Å². The molecule has 1 heterocycles. The Kier molecular flexibility index (Phi) is 10.6. The van der Waals surface area contributed by atoms with Crippen molar-refractivity contribution in [3.8, 4) is 16.9 Å². The summed E-state index contributed by atoms with van der Waals surface area (Å²) in [6.45, 7) is 4.30. The fourth-order valence-corrected chi connectivity index (χ4v) is 6.40. The summed E-state index contributed by atoms with van der Waals surface area (Å²) >= 11 is 7.80. The van der Waals surface area contributed by atoms with Gasteiger partial charge in [-0.15, -0.1) is 0 Å². The van der Waals surface area contributed by atoms with Gasteiger partial charge in [-0.25, -0.2) is 17.5 Å². The van der Waals surface area contributed by atoms with Gasteiger partial charge >= 0.3 is 0 Å². The van der Waals surface area contributed by atoms with Crippen molar-refractivity contribution in [3.63, 3.8) is 0 Å². The van der Waals surface area contributed by atoms with Crippen molar-refractivity contribution in [2.75, 3.05) is 18.1 Å². The van der Waals surface area contributed by atoms with Crippen LogP contribution < -0.4 is 14.4 Å². The lowest BCUT2D eigenvalue weighted by atomic mass is 10.0. The number of benzene rings is 3. The third-order valence-corrected chi connectivity index (χ3v) is 8.76. The van der Waals surface area contributed by atoms with Gasteiger partial charge in [0.1, 0.15) is 10.6 Å². The molecular formula is C31H32ClFN2O4S2. The van der Waals surface area contributed by atoms with Crippen LogP contribution in [0.5, 0.6) is 5.75 Å². The molecule has 0 bridgehead atoms. The minimum atomic E-state index is -4.19. The average molecular weight is 615 g/mol. The molecule has 216 valence electrons. The Morgan fingerprint density at radius 1 is 1.05 bits per heavy atom. The summed E-state index contributed by atoms with van der Waals surface area (Å²) in [4.78, 5) is 14.8. The maximum absolute atomic E-state index is 16.6. The standard InChI is InChI=1S/C31H32ClFN2O4S2/c1-3-15-34-41(37,38)28-13-11-26(23-8-6-5-7-9-23)31(30(28)33)35(29(36)18-22-14-17-40-21-22)20-24-19-25(32)10-12-27(24)39-16-4-2/h5-14,17,19,21,34H,3-4,15-16,18,20H2,1-2H3. The molecule has 0 spiro atoms. The Bertz CT molecular complexity index is 1580. The van der Waals surface area contributed by atoms with E-state index in [1.807, 2.05) is 36.7 Å². The number of hydrogen-bond donors (Lipinski definition) is 1. The second-order valence-corrected chi connectivity index (χ2v) is 12.4. The van der Waals surface area contributed by atoms with Crippen molar-refractivity contribution in [1.82, 2.24) is 4.72 Å². The summed E-state index contributed by atoms with van der Waals surface area (Å²) < 4.78 is 51.3. The first-order valence-electron chi connectivity index (χ1n) is 13.3. The third-order valence-electron chi connectivity index (χ3n) is 6.32. The van der Waals surface area contributed by atoms with Crippen molar-refractivity contribution in [1.29, 1.82) is 0 Å². The summed E-state index contributed by atoms with van der Waals surface area (Å²) in [5.41, 5.74) is 2.23. The van der Waals surface area contributed by atoms with Crippen LogP contribution in [-0.4, -0.2) is 27.5 Å². The quantitative estimate of drug-likeness (QED) is 0.170. The van der Waals surface area contributed by atoms with Crippen LogP contribution in [-0.2, 0) is 27.8 Å². The van der Waals surface area contributed by atoms with Gasteiger partial charge in [0.25, 0.3) is 0 Å². The lowest BCUT2D eigenvalue weighted by Crippen LogP contribution is -2.34. The number of rotatable bonds is 13. The Hall–Kier alpha value is -3.24. The van der Waals surface area contributed by atoms with E-state index in [1.54, 1.807) is 48.5 Å². The maximum atomic E-state index is 16.6. The molecule has 0 aliphatic carbocycles. The number of halogens is 2. The molecule has 0 unspecified atom stereocenters. The van der Waals surface area contributed by atoms with Crippen LogP contribution in [0.25, 0.3) is 11.1 Å². The van der Waals surface area contributed by atoms with E-state index in [0.29, 0.717) is 40.5 Å². The highest BCUT2D eigenvalue weighted by Crippen LogP contribution is 2.39. The predicted octanol–water partition coefficient (Wildman–Crippen LogP) is 7.46. The zero-order chi connectivity index (χ0) is 29.4. The number of ether oxygens (including phenoxy) is 1. The average Bonchev–Trinajstić information content (AvgIpc) is 3.48. The highest BCUT2D eigenvalue weighted by molar-refractivity contribution is 7.89. The third kappa shape index (κ3) is 7.54. The first kappa shape index (κ1) is 30.7. The van der Waals surface area contributed by atoms with E-state index in [1.165, 1.54) is 22.3 Å². The van der Waals surface area contributed by atoms with Crippen molar-refractivity contribution in [2.45, 2.75) is 44.6 Å². The molecule has 0 aliphatic heterocycles. The Morgan fingerprint density at radius 3 is 2.51 bits per heavy atom. The number of amides is 1. The summed E-state index contributed by atoms with van der Waals surface area (Å²) in [6.07, 6.45) is 1.30. The summed E-state index contributed by atoms with van der Waals surface area (Å²) in [5.74, 6) is -0.900. The van der Waals surface area contributed by atoms with Crippen LogP contribution in [0, 0.1) is 5.82 Å². The van der Waals surface area contributed by atoms with Gasteiger partial charge in [-0.1, -0.05) is 61.8 Å². The minimum Gasteiger partial charge on any atom is -0.493 e. The number of nitrogens with one attached hydrogen (secondary N) is 1. The van der Waals surface area contributed by atoms with Gasteiger partial charge in [-0.2, -0.15) is 11.3 Å². The lowest BCUT2D eigenvalue weighted by Gasteiger charge is -2.28. The smallest absolute Gasteiger partial charge is 0.243 e. The number of anilines is 1. The maximum Gasteiger partial charge on any atom is 0.243 e. The van der Waals surface area contributed by atoms with Crippen LogP contribution in [0.2, 0.25) is 5.02 Å². The van der Waals surface area contributed by atoms with Crippen molar-refractivity contribution < 1.29 is 22.3 Å². The fourth-order valence-electron chi connectivity index (χ4n) is 4.33. The van der Waals surface area contributed by atoms with Gasteiger partial charge in [0.05, 0.1) is 25.3 Å². The monoisotopic (exact) mass is 614 g/mol. The zero-order valence-electron chi connectivity index (χ0n) is 22.9. The zero-order valence-corrected chi connectivity index (χ0v) is 25.3. The van der Waals surface area contributed by atoms with E-state index >= 15 is 4.39 Å². The fraction of sp³-hybridized carbons (Fsp3) is 0.258. The Balaban J connectivity index is 1.94. The second-order valence-electron chi connectivity index (χ2n) is 9.43. The molecule has 4 rings (SSSR count). The normalized spacial score (nSPS) is 11.4. The van der Waals surface area contributed by atoms with Gasteiger partial charge in [0.15, 0.2) is 5.82 Å². The van der Waals surface area contributed by atoms with Crippen molar-refractivity contribution in [2.24, 2.45) is 0 Å². The van der Waals surface area contributed by atoms with Gasteiger partial charge in [-0.05, 0) is 65.1 Å². The number of carbonyl (C=O) groups excluding carboxylic acids is 1. The van der Waals surface area contributed by atoms with Crippen LogP contribution in [0.15, 0.2) is 82.4 Å². The molecule has 0 saturated carbocycles. The van der Waals surface area contributed by atoms with Crippen LogP contribution in [0.4, 0.5) is 10.1 Å². The molecule has 0 fully saturated rings. The topological polar surface area (TPSA) is 75.7 Å². The van der Waals surface area contributed by atoms with Crippen molar-refractivity contribution >= 4 is 44.6 Å². The molecule has 1 N–H and O–H groups in total. The highest BCUT2D eigenvalue weighted by atomic mass is 35.5. The molecule has 0 aliphatic rings. The first-order valence-corrected chi connectivity index (χ1v) is 16.2. The summed E-state index contributed by atoms with van der Waals surface area (Å²) in [7, 11) is -4.19. The van der Waals surface area contributed by atoms with Crippen LogP contribution >= 0.6 is 22.9 Å². The molecule has 0 radical (unpaired) electrons. The molecule has 10 heteroatoms. The van der Waals surface area contributed by atoms with Crippen LogP contribution in [0.3, 0.4) is 0 Å². The number of thiophene rings is 1. The first-order chi connectivity index (χ1) is 19.7. The number of hydrogen-bond acceptors (Lipinski definition) is 5. The summed E-state index contributed by atoms with van der Waals surface area (Å²) in [6, 6.07) is 18.7. The SMILES string of the molecule is CCCNS(=O)(=O)c1ccc(-c2ccccc2)c(N(Cc2cc(Cl)ccc2OCCC)C(=O)Cc2ccsc2)c1F. The minimum absolute atomic E-state index is 0.00600. The molecular weight excluding hydrogens is 583 g/mol. The van der Waals surface area contributed by atoms with E-state index in [2.05, 4.69) is 4.72 Å². The molecule has 1 amide bonds. The lowest BCUT2D eigenvalue weighted by molar-refractivity contribution is -0.118. The largest absolute Gasteiger partial charge is 0.493 e. The highest BCUT2D eigenvalue weighted by Gasteiger charge is 2.30. The van der Waals surface area contributed by atoms with Crippen LogP contribution in [0.1, 0.15) is 37.8 Å². The molecule has 0 saturated heterocycles. The molecule has 6 nitrogen and oxygen atoms in total. The van der Waals surface area contributed by atoms with E-state index in [0.717, 1.165) is 12.0 Å². The number of sulfonamides is 1. The van der Waals surface area contributed by atoms with Gasteiger partial charge < -0.3 is 9.64 Å². The molecule has 4 aromatic rings. The summed E-state index contributed by atoms with van der Waals surface area (Å²) in [5, 5.41) is 4.15. The van der Waals surface area contributed by atoms with E-state index in [4.69, 9.17) is 16.3 Å². The van der Waals surface area contributed by atoms with Gasteiger partial charge in [-0.3, -0.25) is 4.79 Å². The van der Waals surface area contributed by atoms with E-state index < -0.39 is 26.6 Å². The predicted molar refractivity (Wildman–Crippen MR) is 164 cm³/mol. The molecule has 0 atom stereocenters. The Labute approximate surface area is 249 Å². The van der Waals surface area contributed by atoms with Crippen molar-refractivity contribution in [3.05, 3.63) is 99.5 Å². The Morgan fingerprint density at radius 2 is 1.83 bits per heavy atom. The van der Waals surface area contributed by atoms with E-state index in [-0.39, 0.29) is 25.2 Å². The molecule has 3 aromatic carbocycles. The number of carbonyl (C=O) groups is 1. The van der Waals surface area contributed by atoms with Gasteiger partial charge in [0.2, 0.25) is 15.9 Å². The molecule has 1 aromatic heterocycles. The number of nitrogens with zero attached hydrogens (tertiary/aromatic N) is 1. The second kappa shape index (κ2) is 14.1.